The van der Waals surface area contributed by atoms with Crippen LogP contribution in [0.1, 0.15) is 36.7 Å². The van der Waals surface area contributed by atoms with E-state index < -0.39 is 43.9 Å². The monoisotopic (exact) mass is 416 g/mol. The highest BCUT2D eigenvalue weighted by molar-refractivity contribution is 5.18. The van der Waals surface area contributed by atoms with Crippen LogP contribution in [0.4, 0.5) is 8.78 Å². The molecular formula is C21H37F2N5O. The van der Waals surface area contributed by atoms with Crippen LogP contribution >= 0.6 is 0 Å². The summed E-state index contributed by atoms with van der Waals surface area (Å²) in [5.41, 5.74) is 1.15. The van der Waals surface area contributed by atoms with Crippen LogP contribution in [0.2, 0.25) is 0 Å². The fourth-order valence-corrected chi connectivity index (χ4v) is 5.48. The van der Waals surface area contributed by atoms with Gasteiger partial charge in [-0.15, -0.1) is 0 Å². The van der Waals surface area contributed by atoms with Crippen molar-refractivity contribution in [2.75, 3.05) is 33.7 Å². The quantitative estimate of drug-likeness (QED) is 0.515. The van der Waals surface area contributed by atoms with E-state index in [1.54, 1.807) is 6.92 Å². The van der Waals surface area contributed by atoms with Crippen molar-refractivity contribution in [1.29, 1.82) is 0 Å². The molecule has 0 aromatic heterocycles. The van der Waals surface area contributed by atoms with E-state index in [0.717, 1.165) is 37.9 Å². The average molecular weight is 417 g/mol. The molecule has 0 aromatic rings. The number of likely N-dealkylation sites (N-methyl/N-ethyl adjacent to an activating group) is 1. The molecule has 3 fully saturated rings. The molecule has 1 saturated carbocycles. The molecule has 4 rings (SSSR count). The Morgan fingerprint density at radius 1 is 1.31 bits per heavy atom. The molecule has 3 aliphatic heterocycles. The standard InChI is InChI=1S/C21H37F2N5O/c1-12-17(22)20(24-2)27-21(25-12)26-15-11-14-7-10-29-19(14)16(18(15)23)13-5-4-8-28(3)9-6-13/h6,12,14-21,24-27H,4-5,7-11H2,1-3H3/i2D3. The highest BCUT2D eigenvalue weighted by Crippen LogP contribution is 2.44. The number of fused-ring (bicyclic) bond motifs is 1. The number of nitrogens with one attached hydrogen (secondary N) is 4. The Balaban J connectivity index is 1.48. The highest BCUT2D eigenvalue weighted by Gasteiger charge is 2.50. The predicted molar refractivity (Wildman–Crippen MR) is 110 cm³/mol. The first kappa shape index (κ1) is 18.0. The minimum Gasteiger partial charge on any atom is -0.377 e. The van der Waals surface area contributed by atoms with Gasteiger partial charge in [0.25, 0.3) is 0 Å². The molecule has 4 N–H and O–H groups in total. The van der Waals surface area contributed by atoms with E-state index in [9.17, 15) is 4.39 Å². The third-order valence-corrected chi connectivity index (χ3v) is 7.11. The second-order valence-corrected chi connectivity index (χ2v) is 9.13. The molecule has 0 radical (unpaired) electrons. The predicted octanol–water partition coefficient (Wildman–Crippen LogP) is 1.11. The molecule has 9 atom stereocenters. The minimum absolute atomic E-state index is 0.0934. The zero-order valence-corrected chi connectivity index (χ0v) is 17.3. The Labute approximate surface area is 177 Å². The Kier molecular flexibility index (Phi) is 5.73. The SMILES string of the molecule is [2H]C([2H])([2H])NC1NC(NC2CC3CCOC3C(C3=CCN(C)CCC3)C2F)NC(C)C1F. The molecule has 0 spiro atoms. The van der Waals surface area contributed by atoms with Gasteiger partial charge in [0.1, 0.15) is 18.6 Å². The van der Waals surface area contributed by atoms with Gasteiger partial charge in [0.2, 0.25) is 0 Å². The van der Waals surface area contributed by atoms with Crippen LogP contribution in [0.3, 0.4) is 0 Å². The maximum absolute atomic E-state index is 16.0. The van der Waals surface area contributed by atoms with E-state index in [1.165, 1.54) is 0 Å². The first-order valence-electron chi connectivity index (χ1n) is 12.5. The largest absolute Gasteiger partial charge is 0.377 e. The molecule has 0 bridgehead atoms. The average Bonchev–Trinajstić information content (AvgIpc) is 3.05. The topological polar surface area (TPSA) is 60.6 Å². The van der Waals surface area contributed by atoms with Crippen molar-refractivity contribution in [3.8, 4) is 0 Å². The van der Waals surface area contributed by atoms with Crippen molar-refractivity contribution in [2.24, 2.45) is 11.8 Å². The Bertz CT molecular complexity index is 684. The van der Waals surface area contributed by atoms with Crippen molar-refractivity contribution in [3.05, 3.63) is 11.6 Å². The summed E-state index contributed by atoms with van der Waals surface area (Å²) in [6.45, 7) is 1.66. The summed E-state index contributed by atoms with van der Waals surface area (Å²) in [7, 11) is 2.08. The van der Waals surface area contributed by atoms with Crippen LogP contribution in [-0.2, 0) is 4.74 Å². The van der Waals surface area contributed by atoms with Gasteiger partial charge in [-0.3, -0.25) is 16.0 Å². The molecular weight excluding hydrogens is 376 g/mol. The third-order valence-electron chi connectivity index (χ3n) is 7.11. The van der Waals surface area contributed by atoms with Crippen LogP contribution in [0, 0.1) is 11.8 Å². The van der Waals surface area contributed by atoms with Crippen molar-refractivity contribution in [2.45, 2.75) is 75.6 Å². The molecule has 4 aliphatic rings. The zero-order valence-electron chi connectivity index (χ0n) is 20.3. The van der Waals surface area contributed by atoms with E-state index in [4.69, 9.17) is 8.85 Å². The smallest absolute Gasteiger partial charge is 0.143 e. The number of rotatable bonds is 4. The number of hydrogen-bond donors (Lipinski definition) is 4. The van der Waals surface area contributed by atoms with E-state index in [1.807, 2.05) is 0 Å². The van der Waals surface area contributed by atoms with Gasteiger partial charge in [-0.2, -0.15) is 0 Å². The number of nitrogens with zero attached hydrogens (tertiary/aromatic N) is 1. The van der Waals surface area contributed by atoms with Gasteiger partial charge in [-0.05, 0) is 59.1 Å². The molecule has 1 aliphatic carbocycles. The normalized spacial score (nSPS) is 48.8. The second-order valence-electron chi connectivity index (χ2n) is 9.13. The molecule has 6 nitrogen and oxygen atoms in total. The molecule has 29 heavy (non-hydrogen) atoms. The highest BCUT2D eigenvalue weighted by atomic mass is 19.1. The Morgan fingerprint density at radius 3 is 3.00 bits per heavy atom. The number of hydrogen-bond acceptors (Lipinski definition) is 6. The molecule has 9 unspecified atom stereocenters. The summed E-state index contributed by atoms with van der Waals surface area (Å²) in [5, 5.41) is 11.7. The lowest BCUT2D eigenvalue weighted by atomic mass is 9.71. The van der Waals surface area contributed by atoms with Gasteiger partial charge in [-0.1, -0.05) is 11.6 Å². The molecule has 3 heterocycles. The third kappa shape index (κ3) is 4.52. The van der Waals surface area contributed by atoms with Crippen molar-refractivity contribution in [3.63, 3.8) is 0 Å². The van der Waals surface area contributed by atoms with E-state index >= 15 is 4.39 Å². The van der Waals surface area contributed by atoms with Crippen molar-refractivity contribution < 1.29 is 17.6 Å². The number of ether oxygens (including phenoxy) is 1. The summed E-state index contributed by atoms with van der Waals surface area (Å²) in [6, 6.07) is -1.03. The summed E-state index contributed by atoms with van der Waals surface area (Å²) in [6.07, 6.45) is 1.28. The molecule has 2 saturated heterocycles. The molecule has 0 aromatic carbocycles. The van der Waals surface area contributed by atoms with Crippen LogP contribution in [0.25, 0.3) is 0 Å². The van der Waals surface area contributed by atoms with Crippen LogP contribution < -0.4 is 21.3 Å². The lowest BCUT2D eigenvalue weighted by molar-refractivity contribution is -0.0282. The fourth-order valence-electron chi connectivity index (χ4n) is 5.48. The minimum atomic E-state index is -2.48. The van der Waals surface area contributed by atoms with Gasteiger partial charge < -0.3 is 15.0 Å². The zero-order chi connectivity index (χ0) is 23.0. The van der Waals surface area contributed by atoms with Gasteiger partial charge in [0, 0.05) is 35.3 Å². The first-order chi connectivity index (χ1) is 15.1. The van der Waals surface area contributed by atoms with Crippen LogP contribution in [-0.4, -0.2) is 81.6 Å². The van der Waals surface area contributed by atoms with E-state index in [0.29, 0.717) is 13.0 Å². The first-order valence-corrected chi connectivity index (χ1v) is 11.0. The van der Waals surface area contributed by atoms with Gasteiger partial charge >= 0.3 is 0 Å². The van der Waals surface area contributed by atoms with Crippen molar-refractivity contribution in [1.82, 2.24) is 26.2 Å². The summed E-state index contributed by atoms with van der Waals surface area (Å²) in [4.78, 5) is 2.24. The lowest BCUT2D eigenvalue weighted by Crippen LogP contribution is -2.73. The van der Waals surface area contributed by atoms with Gasteiger partial charge in [0.05, 0.1) is 12.3 Å². The molecule has 166 valence electrons. The maximum Gasteiger partial charge on any atom is 0.143 e. The maximum atomic E-state index is 16.0. The van der Waals surface area contributed by atoms with Crippen LogP contribution in [0.15, 0.2) is 11.6 Å². The van der Waals surface area contributed by atoms with Gasteiger partial charge in [0.15, 0.2) is 0 Å². The lowest BCUT2D eigenvalue weighted by Gasteiger charge is -2.45. The Morgan fingerprint density at radius 2 is 2.17 bits per heavy atom. The molecule has 0 amide bonds. The summed E-state index contributed by atoms with van der Waals surface area (Å²) >= 11 is 0. The van der Waals surface area contributed by atoms with Crippen molar-refractivity contribution >= 4 is 0 Å². The Hall–Kier alpha value is -0.640. The van der Waals surface area contributed by atoms with Crippen LogP contribution in [0.5, 0.6) is 0 Å². The number of alkyl halides is 2. The van der Waals surface area contributed by atoms with E-state index in [-0.39, 0.29) is 17.9 Å². The number of halogens is 2. The second kappa shape index (κ2) is 9.24. The summed E-state index contributed by atoms with van der Waals surface area (Å²) < 4.78 is 58.9. The van der Waals surface area contributed by atoms with Gasteiger partial charge in [-0.25, -0.2) is 8.78 Å². The molecule has 8 heteroatoms. The fraction of sp³-hybridized carbons (Fsp3) is 0.905. The summed E-state index contributed by atoms with van der Waals surface area (Å²) in [5.74, 6) is -0.0101. The van der Waals surface area contributed by atoms with E-state index in [2.05, 4.69) is 39.3 Å².